The first-order valence-electron chi connectivity index (χ1n) is 8.53. The Kier molecular flexibility index (Phi) is 5.59. The molecule has 0 saturated heterocycles. The summed E-state index contributed by atoms with van der Waals surface area (Å²) in [5.74, 6) is -0.477. The lowest BCUT2D eigenvalue weighted by atomic mass is 9.94. The highest BCUT2D eigenvalue weighted by Gasteiger charge is 2.37. The highest BCUT2D eigenvalue weighted by atomic mass is 35.5. The maximum absolute atomic E-state index is 12.5. The van der Waals surface area contributed by atoms with Crippen LogP contribution in [0.5, 0.6) is 0 Å². The van der Waals surface area contributed by atoms with Crippen molar-refractivity contribution in [1.82, 2.24) is 0 Å². The zero-order chi connectivity index (χ0) is 18.7. The zero-order valence-corrected chi connectivity index (χ0v) is 15.6. The Labute approximate surface area is 157 Å². The van der Waals surface area contributed by atoms with Crippen molar-refractivity contribution >= 4 is 29.2 Å². The summed E-state index contributed by atoms with van der Waals surface area (Å²) in [5, 5.41) is 3.34. The fourth-order valence-corrected chi connectivity index (χ4v) is 3.64. The first-order valence-corrected chi connectivity index (χ1v) is 8.91. The van der Waals surface area contributed by atoms with Crippen LogP contribution in [0.2, 0.25) is 5.02 Å². The van der Waals surface area contributed by atoms with Crippen molar-refractivity contribution in [1.29, 1.82) is 0 Å². The second-order valence-corrected chi connectivity index (χ2v) is 7.00. The van der Waals surface area contributed by atoms with Crippen molar-refractivity contribution in [3.8, 4) is 0 Å². The average molecular weight is 374 g/mol. The lowest BCUT2D eigenvalue weighted by Gasteiger charge is -2.31. The van der Waals surface area contributed by atoms with Crippen LogP contribution in [0.3, 0.4) is 0 Å². The molecule has 0 fully saturated rings. The number of amides is 1. The molecule has 1 unspecified atom stereocenters. The smallest absolute Gasteiger partial charge is 0.365 e. The van der Waals surface area contributed by atoms with E-state index in [0.717, 1.165) is 21.6 Å². The maximum Gasteiger partial charge on any atom is 0.365 e. The van der Waals surface area contributed by atoms with Crippen LogP contribution in [-0.4, -0.2) is 31.6 Å². The molecule has 5 nitrogen and oxygen atoms in total. The van der Waals surface area contributed by atoms with Gasteiger partial charge in [0, 0.05) is 12.0 Å². The second-order valence-electron chi connectivity index (χ2n) is 6.59. The van der Waals surface area contributed by atoms with Gasteiger partial charge in [0.25, 0.3) is 5.91 Å². The predicted molar refractivity (Wildman–Crippen MR) is 100 cm³/mol. The van der Waals surface area contributed by atoms with Crippen LogP contribution >= 0.6 is 11.6 Å². The molecule has 1 heterocycles. The molecule has 1 amide bonds. The molecule has 2 N–H and O–H groups in total. The molecule has 0 spiro atoms. The number of esters is 1. The van der Waals surface area contributed by atoms with Crippen LogP contribution in [0.4, 0.5) is 5.69 Å². The molecule has 0 bridgehead atoms. The summed E-state index contributed by atoms with van der Waals surface area (Å²) in [6.45, 7) is 2.71. The Balaban J connectivity index is 1.75. The Morgan fingerprint density at radius 2 is 1.96 bits per heavy atom. The summed E-state index contributed by atoms with van der Waals surface area (Å²) in [5.41, 5.74) is 3.89. The highest BCUT2D eigenvalue weighted by molar-refractivity contribution is 6.33. The Hall–Kier alpha value is -2.37. The minimum Gasteiger partial charge on any atom is -0.465 e. The second kappa shape index (κ2) is 7.89. The number of methoxy groups -OCH3 is 1. The quantitative estimate of drug-likeness (QED) is 0.803. The van der Waals surface area contributed by atoms with Gasteiger partial charge in [0.05, 0.1) is 17.8 Å². The number of nitrogens with one attached hydrogen (secondary N) is 2. The molecule has 26 heavy (non-hydrogen) atoms. The summed E-state index contributed by atoms with van der Waals surface area (Å²) >= 11 is 6.19. The molecule has 0 aliphatic carbocycles. The normalized spacial score (nSPS) is 18.7. The number of rotatable bonds is 4. The van der Waals surface area contributed by atoms with Gasteiger partial charge in [-0.25, -0.2) is 4.79 Å². The molecule has 0 saturated carbocycles. The summed E-state index contributed by atoms with van der Waals surface area (Å²) in [4.78, 5) is 25.6. The fourth-order valence-electron chi connectivity index (χ4n) is 3.36. The van der Waals surface area contributed by atoms with E-state index in [1.807, 2.05) is 37.3 Å². The molecule has 6 heteroatoms. The van der Waals surface area contributed by atoms with E-state index in [1.165, 1.54) is 7.11 Å². The number of halogens is 1. The van der Waals surface area contributed by atoms with E-state index in [1.54, 1.807) is 12.1 Å². The van der Waals surface area contributed by atoms with Crippen molar-refractivity contribution in [3.63, 3.8) is 0 Å². The molecule has 1 aliphatic heterocycles. The van der Waals surface area contributed by atoms with Crippen molar-refractivity contribution in [3.05, 3.63) is 64.2 Å². The van der Waals surface area contributed by atoms with Crippen LogP contribution in [0, 0.1) is 6.92 Å². The van der Waals surface area contributed by atoms with E-state index < -0.39 is 6.04 Å². The molecule has 2 atom stereocenters. The first kappa shape index (κ1) is 18.4. The minimum absolute atomic E-state index is 0.165. The van der Waals surface area contributed by atoms with Crippen molar-refractivity contribution in [2.24, 2.45) is 0 Å². The van der Waals surface area contributed by atoms with E-state index in [4.69, 9.17) is 16.3 Å². The van der Waals surface area contributed by atoms with E-state index in [-0.39, 0.29) is 18.4 Å². The monoisotopic (exact) mass is 373 g/mol. The number of hydrogen-bond acceptors (Lipinski definition) is 3. The number of hydrogen-bond donors (Lipinski definition) is 2. The molecule has 2 aromatic carbocycles. The van der Waals surface area contributed by atoms with Gasteiger partial charge in [-0.2, -0.15) is 0 Å². The van der Waals surface area contributed by atoms with Crippen LogP contribution in [0.25, 0.3) is 0 Å². The summed E-state index contributed by atoms with van der Waals surface area (Å²) < 4.78 is 4.95. The molecule has 0 radical (unpaired) electrons. The van der Waals surface area contributed by atoms with Crippen LogP contribution in [-0.2, 0) is 27.3 Å². The SMILES string of the molecule is COC(=O)[C@@H]1Cc2ccccc2C[NH+]1CC(=O)Nc1ccc(C)cc1Cl. The number of carbonyl (C=O) groups excluding carboxylic acids is 2. The maximum atomic E-state index is 12.5. The third kappa shape index (κ3) is 4.06. The van der Waals surface area contributed by atoms with Crippen molar-refractivity contribution in [2.45, 2.75) is 25.9 Å². The van der Waals surface area contributed by atoms with Gasteiger partial charge in [0.1, 0.15) is 6.54 Å². The number of benzene rings is 2. The predicted octanol–water partition coefficient (Wildman–Crippen LogP) is 1.77. The Morgan fingerprint density at radius 3 is 2.65 bits per heavy atom. The molecule has 136 valence electrons. The molecular formula is C20H22ClN2O3+. The topological polar surface area (TPSA) is 59.8 Å². The van der Waals surface area contributed by atoms with E-state index in [9.17, 15) is 9.59 Å². The van der Waals surface area contributed by atoms with Crippen LogP contribution in [0.1, 0.15) is 16.7 Å². The number of quaternary nitrogens is 1. The molecule has 0 aromatic heterocycles. The van der Waals surface area contributed by atoms with E-state index >= 15 is 0 Å². The number of aryl methyl sites for hydroxylation is 1. The molecule has 1 aliphatic rings. The van der Waals surface area contributed by atoms with Gasteiger partial charge in [-0.1, -0.05) is 41.9 Å². The van der Waals surface area contributed by atoms with Crippen molar-refractivity contribution < 1.29 is 19.2 Å². The minimum atomic E-state index is -0.394. The van der Waals surface area contributed by atoms with Gasteiger partial charge in [-0.3, -0.25) is 4.79 Å². The third-order valence-corrected chi connectivity index (χ3v) is 5.04. The lowest BCUT2D eigenvalue weighted by Crippen LogP contribution is -3.17. The number of carbonyl (C=O) groups is 2. The number of anilines is 1. The van der Waals surface area contributed by atoms with Gasteiger partial charge in [-0.15, -0.1) is 0 Å². The molecule has 2 aromatic rings. The average Bonchev–Trinajstić information content (AvgIpc) is 2.63. The van der Waals surface area contributed by atoms with E-state index in [2.05, 4.69) is 5.32 Å². The first-order chi connectivity index (χ1) is 12.5. The standard InChI is InChI=1S/C20H21ClN2O3/c1-13-7-8-17(16(21)9-13)22-19(24)12-23-11-15-6-4-3-5-14(15)10-18(23)20(25)26-2/h3-9,18H,10-12H2,1-2H3,(H,22,24)/p+1/t18-/m0/s1. The highest BCUT2D eigenvalue weighted by Crippen LogP contribution is 2.22. The summed E-state index contributed by atoms with van der Waals surface area (Å²) in [7, 11) is 1.38. The summed E-state index contributed by atoms with van der Waals surface area (Å²) in [6, 6.07) is 13.1. The number of ether oxygens (including phenoxy) is 1. The summed E-state index contributed by atoms with van der Waals surface area (Å²) in [6.07, 6.45) is 0.566. The van der Waals surface area contributed by atoms with E-state index in [0.29, 0.717) is 23.7 Å². The lowest BCUT2D eigenvalue weighted by molar-refractivity contribution is -0.924. The van der Waals surface area contributed by atoms with Gasteiger partial charge in [-0.05, 0) is 30.2 Å². The van der Waals surface area contributed by atoms with Gasteiger partial charge in [0.2, 0.25) is 0 Å². The van der Waals surface area contributed by atoms with Crippen LogP contribution < -0.4 is 10.2 Å². The van der Waals surface area contributed by atoms with Gasteiger partial charge in [0.15, 0.2) is 12.6 Å². The number of fused-ring (bicyclic) bond motifs is 1. The third-order valence-electron chi connectivity index (χ3n) is 4.72. The molecular weight excluding hydrogens is 352 g/mol. The van der Waals surface area contributed by atoms with Crippen molar-refractivity contribution in [2.75, 3.05) is 19.0 Å². The van der Waals surface area contributed by atoms with Gasteiger partial charge < -0.3 is 15.0 Å². The largest absolute Gasteiger partial charge is 0.465 e. The van der Waals surface area contributed by atoms with Crippen LogP contribution in [0.15, 0.2) is 42.5 Å². The fraction of sp³-hybridized carbons (Fsp3) is 0.300. The van der Waals surface area contributed by atoms with Gasteiger partial charge >= 0.3 is 5.97 Å². The Morgan fingerprint density at radius 1 is 1.23 bits per heavy atom. The molecule has 3 rings (SSSR count). The zero-order valence-electron chi connectivity index (χ0n) is 14.8. The Bertz CT molecular complexity index is 838.